The third kappa shape index (κ3) is 3.76. The molecule has 7 heteroatoms. The molecular weight excluding hydrogens is 418 g/mol. The van der Waals surface area contributed by atoms with Gasteiger partial charge in [0.05, 0.1) is 18.1 Å². The van der Waals surface area contributed by atoms with Gasteiger partial charge in [-0.15, -0.1) is 0 Å². The number of pyridine rings is 1. The van der Waals surface area contributed by atoms with E-state index in [4.69, 9.17) is 18.9 Å². The van der Waals surface area contributed by atoms with E-state index in [0.717, 1.165) is 59.3 Å². The molecule has 0 unspecified atom stereocenters. The Morgan fingerprint density at radius 2 is 1.97 bits per heavy atom. The van der Waals surface area contributed by atoms with Crippen molar-refractivity contribution in [2.24, 2.45) is 0 Å². The lowest BCUT2D eigenvalue weighted by molar-refractivity contribution is -0.686. The summed E-state index contributed by atoms with van der Waals surface area (Å²) in [7, 11) is 1.59. The molecule has 2 aliphatic heterocycles. The van der Waals surface area contributed by atoms with Gasteiger partial charge in [0, 0.05) is 18.9 Å². The van der Waals surface area contributed by atoms with Gasteiger partial charge in [-0.3, -0.25) is 4.79 Å². The van der Waals surface area contributed by atoms with Crippen molar-refractivity contribution in [3.63, 3.8) is 0 Å². The Kier molecular flexibility index (Phi) is 5.92. The van der Waals surface area contributed by atoms with Crippen molar-refractivity contribution in [2.75, 3.05) is 13.9 Å². The maximum absolute atomic E-state index is 12.3. The molecule has 1 aromatic heterocycles. The monoisotopic (exact) mass is 441 g/mol. The number of rotatable bonds is 5. The average Bonchev–Trinajstić information content (AvgIpc) is 3.22. The van der Waals surface area contributed by atoms with E-state index in [0.29, 0.717) is 17.9 Å². The first-order valence-electron chi connectivity index (χ1n) is 10.4. The largest absolute Gasteiger partial charge is 1.00 e. The van der Waals surface area contributed by atoms with Crippen molar-refractivity contribution in [1.29, 1.82) is 0 Å². The van der Waals surface area contributed by atoms with Gasteiger partial charge in [-0.25, -0.2) is 0 Å². The highest BCUT2D eigenvalue weighted by Gasteiger charge is 2.29. The van der Waals surface area contributed by atoms with Crippen molar-refractivity contribution >= 4 is 16.7 Å². The molecule has 0 radical (unpaired) electrons. The van der Waals surface area contributed by atoms with Crippen LogP contribution in [0.3, 0.4) is 0 Å². The minimum atomic E-state index is -0.233. The average molecular weight is 442 g/mol. The summed E-state index contributed by atoms with van der Waals surface area (Å²) in [4.78, 5) is 12.3. The third-order valence-corrected chi connectivity index (χ3v) is 5.75. The molecule has 0 fully saturated rings. The lowest BCUT2D eigenvalue weighted by Crippen LogP contribution is -3.00. The summed E-state index contributed by atoms with van der Waals surface area (Å²) in [5.41, 5.74) is 3.50. The van der Waals surface area contributed by atoms with Gasteiger partial charge in [0.15, 0.2) is 35.7 Å². The standard InChI is InChI=1S/C24H24NO5.ClH/c1-3-4-5-23(26)30-24-18-13-25-9-8-16-11-21-22(29-14-28-21)12-17(16)19(25)10-15(18)6-7-20(24)27-2;/h6-7,10-13H,3-5,8-9,14H2,1-2H3;1H/q+1;/p-1. The predicted octanol–water partition coefficient (Wildman–Crippen LogP) is 1.19. The molecule has 2 aromatic carbocycles. The van der Waals surface area contributed by atoms with Crippen LogP contribution in [0.5, 0.6) is 23.0 Å². The van der Waals surface area contributed by atoms with Crippen LogP contribution >= 0.6 is 0 Å². The van der Waals surface area contributed by atoms with Gasteiger partial charge in [0.1, 0.15) is 0 Å². The molecule has 6 nitrogen and oxygen atoms in total. The summed E-state index contributed by atoms with van der Waals surface area (Å²) in [6.07, 6.45) is 5.11. The number of aryl methyl sites for hydroxylation is 2. The van der Waals surface area contributed by atoms with Crippen LogP contribution < -0.4 is 35.9 Å². The summed E-state index contributed by atoms with van der Waals surface area (Å²) in [6, 6.07) is 10.1. The van der Waals surface area contributed by atoms with Crippen LogP contribution in [-0.4, -0.2) is 19.9 Å². The number of hydrogen-bond donors (Lipinski definition) is 0. The molecule has 0 spiro atoms. The highest BCUT2D eigenvalue weighted by atomic mass is 35.5. The van der Waals surface area contributed by atoms with Crippen LogP contribution in [-0.2, 0) is 17.8 Å². The number of aromatic nitrogens is 1. The lowest BCUT2D eigenvalue weighted by Gasteiger charge is -2.17. The van der Waals surface area contributed by atoms with Crippen LogP contribution in [0.25, 0.3) is 22.0 Å². The number of hydrogen-bond acceptors (Lipinski definition) is 5. The fourth-order valence-electron chi connectivity index (χ4n) is 4.15. The molecule has 2 aliphatic rings. The number of esters is 1. The number of ether oxygens (including phenoxy) is 4. The zero-order valence-corrected chi connectivity index (χ0v) is 18.3. The highest BCUT2D eigenvalue weighted by Crippen LogP contribution is 2.41. The van der Waals surface area contributed by atoms with Crippen LogP contribution in [0.4, 0.5) is 0 Å². The van der Waals surface area contributed by atoms with E-state index in [9.17, 15) is 4.79 Å². The van der Waals surface area contributed by atoms with E-state index in [-0.39, 0.29) is 25.2 Å². The van der Waals surface area contributed by atoms with E-state index in [1.807, 2.05) is 12.1 Å². The summed E-state index contributed by atoms with van der Waals surface area (Å²) in [5, 5.41) is 1.86. The second-order valence-electron chi connectivity index (χ2n) is 7.64. The molecule has 3 aromatic rings. The first-order valence-corrected chi connectivity index (χ1v) is 10.4. The molecule has 0 saturated carbocycles. The predicted molar refractivity (Wildman–Crippen MR) is 111 cm³/mol. The van der Waals surface area contributed by atoms with Gasteiger partial charge in [-0.2, -0.15) is 4.57 Å². The second kappa shape index (κ2) is 8.63. The molecule has 0 atom stereocenters. The number of halogens is 1. The number of methoxy groups -OCH3 is 1. The lowest BCUT2D eigenvalue weighted by atomic mass is 9.95. The quantitative estimate of drug-likeness (QED) is 0.338. The SMILES string of the molecule is CCCCC(=O)Oc1c(OC)ccc2cc3[n+](cc12)CCc1cc2c(cc1-3)OCO2.[Cl-]. The Balaban J connectivity index is 0.00000231. The fraction of sp³-hybridized carbons (Fsp3) is 0.333. The topological polar surface area (TPSA) is 57.9 Å². The summed E-state index contributed by atoms with van der Waals surface area (Å²) >= 11 is 0. The Morgan fingerprint density at radius 1 is 1.16 bits per heavy atom. The van der Waals surface area contributed by atoms with Crippen molar-refractivity contribution in [3.8, 4) is 34.3 Å². The van der Waals surface area contributed by atoms with Gasteiger partial charge in [0.25, 0.3) is 0 Å². The molecule has 0 saturated heterocycles. The van der Waals surface area contributed by atoms with Crippen LogP contribution in [0.1, 0.15) is 31.7 Å². The van der Waals surface area contributed by atoms with E-state index >= 15 is 0 Å². The first kappa shape index (κ1) is 21.2. The summed E-state index contributed by atoms with van der Waals surface area (Å²) < 4.78 is 24.6. The summed E-state index contributed by atoms with van der Waals surface area (Å²) in [5.74, 6) is 2.41. The number of carbonyl (C=O) groups excluding carboxylic acids is 1. The van der Waals surface area contributed by atoms with Crippen LogP contribution in [0, 0.1) is 0 Å². The molecule has 31 heavy (non-hydrogen) atoms. The van der Waals surface area contributed by atoms with Crippen LogP contribution in [0.15, 0.2) is 36.5 Å². The van der Waals surface area contributed by atoms with Crippen LogP contribution in [0.2, 0.25) is 0 Å². The Hall–Kier alpha value is -2.99. The molecular formula is C24H24ClNO5. The first-order chi connectivity index (χ1) is 14.7. The van der Waals surface area contributed by atoms with Crippen molar-refractivity contribution in [1.82, 2.24) is 0 Å². The Morgan fingerprint density at radius 3 is 2.74 bits per heavy atom. The summed E-state index contributed by atoms with van der Waals surface area (Å²) in [6.45, 7) is 3.15. The number of unbranched alkanes of at least 4 members (excludes halogenated alkanes) is 1. The van der Waals surface area contributed by atoms with Gasteiger partial charge >= 0.3 is 5.97 Å². The zero-order valence-electron chi connectivity index (χ0n) is 17.6. The Labute approximate surface area is 187 Å². The van der Waals surface area contributed by atoms with Gasteiger partial charge in [-0.05, 0) is 41.6 Å². The minimum absolute atomic E-state index is 0. The maximum Gasteiger partial charge on any atom is 0.311 e. The fourth-order valence-corrected chi connectivity index (χ4v) is 4.15. The third-order valence-electron chi connectivity index (χ3n) is 5.75. The van der Waals surface area contributed by atoms with E-state index < -0.39 is 0 Å². The second-order valence-corrected chi connectivity index (χ2v) is 7.64. The smallest absolute Gasteiger partial charge is 0.311 e. The van der Waals surface area contributed by atoms with Crippen molar-refractivity contribution in [3.05, 3.63) is 42.1 Å². The zero-order chi connectivity index (χ0) is 20.7. The normalized spacial score (nSPS) is 13.2. The molecule has 0 N–H and O–H groups in total. The minimum Gasteiger partial charge on any atom is -1.00 e. The molecule has 0 amide bonds. The molecule has 162 valence electrons. The number of carbonyl (C=O) groups is 1. The number of fused-ring (bicyclic) bond motifs is 5. The number of benzene rings is 2. The van der Waals surface area contributed by atoms with E-state index in [2.05, 4.69) is 35.9 Å². The van der Waals surface area contributed by atoms with Gasteiger partial charge in [-0.1, -0.05) is 13.3 Å². The molecule has 0 aliphatic carbocycles. The van der Waals surface area contributed by atoms with Gasteiger partial charge < -0.3 is 31.4 Å². The van der Waals surface area contributed by atoms with Gasteiger partial charge in [0.2, 0.25) is 12.5 Å². The molecule has 5 rings (SSSR count). The van der Waals surface area contributed by atoms with Crippen molar-refractivity contribution in [2.45, 2.75) is 39.2 Å². The van der Waals surface area contributed by atoms with E-state index in [1.165, 1.54) is 5.56 Å². The molecule has 0 bridgehead atoms. The highest BCUT2D eigenvalue weighted by molar-refractivity contribution is 5.93. The Bertz CT molecular complexity index is 1160. The molecule has 3 heterocycles. The van der Waals surface area contributed by atoms with Crippen molar-refractivity contribution < 1.29 is 40.7 Å². The number of nitrogens with zero attached hydrogens (tertiary/aromatic N) is 1. The van der Waals surface area contributed by atoms with E-state index in [1.54, 1.807) is 7.11 Å². The maximum atomic E-state index is 12.3.